The van der Waals surface area contributed by atoms with Crippen LogP contribution in [0.4, 0.5) is 5.82 Å². The van der Waals surface area contributed by atoms with Crippen molar-refractivity contribution in [1.82, 2.24) is 14.6 Å². The second-order valence-electron chi connectivity index (χ2n) is 5.64. The van der Waals surface area contributed by atoms with Gasteiger partial charge in [-0.25, -0.2) is 4.98 Å². The van der Waals surface area contributed by atoms with Crippen LogP contribution >= 0.6 is 0 Å². The summed E-state index contributed by atoms with van der Waals surface area (Å²) in [5.41, 5.74) is 2.05. The van der Waals surface area contributed by atoms with Gasteiger partial charge in [0.15, 0.2) is 5.65 Å². The van der Waals surface area contributed by atoms with Crippen molar-refractivity contribution in [2.75, 3.05) is 24.6 Å². The molecule has 0 unspecified atom stereocenters. The van der Waals surface area contributed by atoms with Crippen molar-refractivity contribution in [3.05, 3.63) is 24.0 Å². The smallest absolute Gasteiger partial charge is 0.157 e. The first-order valence-corrected chi connectivity index (χ1v) is 8.02. The Morgan fingerprint density at radius 2 is 2.29 bits per heavy atom. The van der Waals surface area contributed by atoms with Gasteiger partial charge in [0.25, 0.3) is 0 Å². The Hall–Kier alpha value is -1.62. The summed E-state index contributed by atoms with van der Waals surface area (Å²) in [6.45, 7) is 7.16. The summed E-state index contributed by atoms with van der Waals surface area (Å²) >= 11 is 0. The van der Waals surface area contributed by atoms with Gasteiger partial charge in [-0.05, 0) is 25.7 Å². The second kappa shape index (κ2) is 6.43. The van der Waals surface area contributed by atoms with Crippen LogP contribution in [0, 0.1) is 0 Å². The number of fused-ring (bicyclic) bond motifs is 1. The summed E-state index contributed by atoms with van der Waals surface area (Å²) < 4.78 is 7.89. The zero-order chi connectivity index (χ0) is 14.7. The Balaban J connectivity index is 1.86. The fraction of sp³-hybridized carbons (Fsp3) is 0.625. The molecule has 0 N–H and O–H groups in total. The summed E-state index contributed by atoms with van der Waals surface area (Å²) in [5, 5.41) is 4.43. The average molecular weight is 288 g/mol. The summed E-state index contributed by atoms with van der Waals surface area (Å²) in [4.78, 5) is 7.01. The Kier molecular flexibility index (Phi) is 4.39. The third-order valence-corrected chi connectivity index (χ3v) is 4.02. The van der Waals surface area contributed by atoms with Crippen LogP contribution in [-0.4, -0.2) is 40.4 Å². The minimum Gasteiger partial charge on any atom is -0.376 e. The number of aryl methyl sites for hydroxylation is 1. The van der Waals surface area contributed by atoms with E-state index in [0.29, 0.717) is 6.10 Å². The molecule has 5 heteroatoms. The van der Waals surface area contributed by atoms with E-state index in [0.717, 1.165) is 56.1 Å². The van der Waals surface area contributed by atoms with Gasteiger partial charge in [-0.15, -0.1) is 0 Å². The number of aromatic nitrogens is 3. The molecule has 5 nitrogen and oxygen atoms in total. The molecule has 2 aromatic heterocycles. The molecule has 0 amide bonds. The number of piperidine rings is 1. The molecule has 1 saturated heterocycles. The van der Waals surface area contributed by atoms with E-state index in [9.17, 15) is 0 Å². The Labute approximate surface area is 125 Å². The molecule has 21 heavy (non-hydrogen) atoms. The summed E-state index contributed by atoms with van der Waals surface area (Å²) in [7, 11) is 0. The first-order valence-electron chi connectivity index (χ1n) is 8.02. The highest BCUT2D eigenvalue weighted by molar-refractivity contribution is 5.51. The van der Waals surface area contributed by atoms with Crippen molar-refractivity contribution >= 4 is 11.5 Å². The maximum absolute atomic E-state index is 5.95. The lowest BCUT2D eigenvalue weighted by Gasteiger charge is -2.34. The highest BCUT2D eigenvalue weighted by atomic mass is 16.5. The van der Waals surface area contributed by atoms with Crippen molar-refractivity contribution in [3.8, 4) is 0 Å². The van der Waals surface area contributed by atoms with E-state index in [-0.39, 0.29) is 0 Å². The van der Waals surface area contributed by atoms with Crippen molar-refractivity contribution in [1.29, 1.82) is 0 Å². The van der Waals surface area contributed by atoms with Gasteiger partial charge < -0.3 is 9.64 Å². The molecule has 114 valence electrons. The maximum atomic E-state index is 5.95. The van der Waals surface area contributed by atoms with Gasteiger partial charge in [0.05, 0.1) is 12.3 Å². The molecule has 1 atom stereocenters. The molecule has 0 saturated carbocycles. The number of rotatable bonds is 5. The SMILES string of the molecule is CCCO[C@H]1CCCN(c2cc(CC)nc3ccnn23)C1. The van der Waals surface area contributed by atoms with E-state index >= 15 is 0 Å². The zero-order valence-corrected chi connectivity index (χ0v) is 13.0. The van der Waals surface area contributed by atoms with E-state index in [1.165, 1.54) is 6.42 Å². The Morgan fingerprint density at radius 3 is 3.10 bits per heavy atom. The van der Waals surface area contributed by atoms with Crippen LogP contribution in [0.2, 0.25) is 0 Å². The molecule has 1 aliphatic rings. The minimum atomic E-state index is 0.336. The molecule has 1 aliphatic heterocycles. The molecule has 0 radical (unpaired) electrons. The largest absolute Gasteiger partial charge is 0.376 e. The van der Waals surface area contributed by atoms with Crippen LogP contribution in [-0.2, 0) is 11.2 Å². The molecule has 0 spiro atoms. The van der Waals surface area contributed by atoms with Gasteiger partial charge >= 0.3 is 0 Å². The average Bonchev–Trinajstić information content (AvgIpc) is 3.00. The van der Waals surface area contributed by atoms with E-state index in [1.54, 1.807) is 0 Å². The zero-order valence-electron chi connectivity index (χ0n) is 13.0. The fourth-order valence-electron chi connectivity index (χ4n) is 2.92. The van der Waals surface area contributed by atoms with Gasteiger partial charge in [0.2, 0.25) is 0 Å². The summed E-state index contributed by atoms with van der Waals surface area (Å²) in [6, 6.07) is 4.14. The Morgan fingerprint density at radius 1 is 1.38 bits per heavy atom. The van der Waals surface area contributed by atoms with Gasteiger partial charge in [-0.1, -0.05) is 13.8 Å². The number of nitrogens with zero attached hydrogens (tertiary/aromatic N) is 4. The quantitative estimate of drug-likeness (QED) is 0.848. The van der Waals surface area contributed by atoms with Gasteiger partial charge in [-0.3, -0.25) is 0 Å². The number of hydrogen-bond acceptors (Lipinski definition) is 4. The highest BCUT2D eigenvalue weighted by Crippen LogP contribution is 2.23. The van der Waals surface area contributed by atoms with Crippen LogP contribution in [0.3, 0.4) is 0 Å². The van der Waals surface area contributed by atoms with Crippen LogP contribution < -0.4 is 4.90 Å². The molecule has 2 aromatic rings. The van der Waals surface area contributed by atoms with Gasteiger partial charge in [0.1, 0.15) is 5.82 Å². The van der Waals surface area contributed by atoms with Gasteiger partial charge in [0, 0.05) is 37.5 Å². The van der Waals surface area contributed by atoms with Crippen LogP contribution in [0.15, 0.2) is 18.3 Å². The van der Waals surface area contributed by atoms with Crippen molar-refractivity contribution < 1.29 is 4.74 Å². The van der Waals surface area contributed by atoms with E-state index in [1.807, 2.05) is 16.8 Å². The lowest BCUT2D eigenvalue weighted by atomic mass is 10.1. The van der Waals surface area contributed by atoms with Crippen molar-refractivity contribution in [2.24, 2.45) is 0 Å². The maximum Gasteiger partial charge on any atom is 0.157 e. The van der Waals surface area contributed by atoms with Gasteiger partial charge in [-0.2, -0.15) is 9.61 Å². The molecular formula is C16H24N4O. The third-order valence-electron chi connectivity index (χ3n) is 4.02. The molecule has 0 aromatic carbocycles. The fourth-order valence-corrected chi connectivity index (χ4v) is 2.92. The predicted molar refractivity (Wildman–Crippen MR) is 83.8 cm³/mol. The first kappa shape index (κ1) is 14.3. The second-order valence-corrected chi connectivity index (χ2v) is 5.64. The van der Waals surface area contributed by atoms with Crippen LogP contribution in [0.1, 0.15) is 38.8 Å². The van der Waals surface area contributed by atoms with E-state index < -0.39 is 0 Å². The number of hydrogen-bond donors (Lipinski definition) is 0. The van der Waals surface area contributed by atoms with E-state index in [4.69, 9.17) is 4.74 Å². The van der Waals surface area contributed by atoms with Crippen LogP contribution in [0.5, 0.6) is 0 Å². The molecular weight excluding hydrogens is 264 g/mol. The molecule has 3 heterocycles. The standard InChI is InChI=1S/C16H24N4O/c1-3-10-21-14-6-5-9-19(12-14)16-11-13(4-2)18-15-7-8-17-20(15)16/h7-8,11,14H,3-6,9-10,12H2,1-2H3/t14-/m0/s1. The first-order chi connectivity index (χ1) is 10.3. The Bertz CT molecular complexity index is 595. The molecule has 0 aliphatic carbocycles. The van der Waals surface area contributed by atoms with Crippen molar-refractivity contribution in [3.63, 3.8) is 0 Å². The lowest BCUT2D eigenvalue weighted by Crippen LogP contribution is -2.41. The molecule has 3 rings (SSSR count). The summed E-state index contributed by atoms with van der Waals surface area (Å²) in [6.07, 6.45) is 6.50. The van der Waals surface area contributed by atoms with E-state index in [2.05, 4.69) is 34.9 Å². The third kappa shape index (κ3) is 3.02. The topological polar surface area (TPSA) is 42.7 Å². The van der Waals surface area contributed by atoms with Crippen molar-refractivity contribution in [2.45, 2.75) is 45.6 Å². The molecule has 0 bridgehead atoms. The normalized spacial score (nSPS) is 19.3. The summed E-state index contributed by atoms with van der Waals surface area (Å²) in [5.74, 6) is 1.15. The number of ether oxygens (including phenoxy) is 1. The predicted octanol–water partition coefficient (Wildman–Crippen LogP) is 2.69. The molecule has 1 fully saturated rings. The monoisotopic (exact) mass is 288 g/mol. The number of anilines is 1. The minimum absolute atomic E-state index is 0.336. The highest BCUT2D eigenvalue weighted by Gasteiger charge is 2.22. The van der Waals surface area contributed by atoms with Crippen LogP contribution in [0.25, 0.3) is 5.65 Å². The lowest BCUT2D eigenvalue weighted by molar-refractivity contribution is 0.0438.